The lowest BCUT2D eigenvalue weighted by atomic mass is 9.92. The third-order valence-corrected chi connectivity index (χ3v) is 4.85. The van der Waals surface area contributed by atoms with Gasteiger partial charge in [-0.2, -0.15) is 13.2 Å². The summed E-state index contributed by atoms with van der Waals surface area (Å²) in [4.78, 5) is 11.6. The Balaban J connectivity index is 0.000000273. The first kappa shape index (κ1) is 21.9. The average Bonchev–Trinajstić information content (AvgIpc) is 3.07. The number of anilines is 1. The molecule has 1 heterocycles. The lowest BCUT2D eigenvalue weighted by Crippen LogP contribution is -2.27. The number of carbonyl (C=O) groups is 1. The van der Waals surface area contributed by atoms with Crippen molar-refractivity contribution >= 4 is 34.6 Å². The van der Waals surface area contributed by atoms with E-state index in [0.717, 1.165) is 10.9 Å². The standard InChI is InChI=1S/C10H7ClF3N.C8H10O2S/c1-2-5-15-7-3-4-8(9(11)6-7)10(12,13)14;1-8(2,7(9)10)6-4-3-5-11-6/h1,3-4,6,15H,5H2;3-5H,1-2H3,(H,9,10). The zero-order chi connectivity index (χ0) is 20.0. The number of nitrogens with one attached hydrogen (secondary N) is 1. The summed E-state index contributed by atoms with van der Waals surface area (Å²) in [6, 6.07) is 7.11. The summed E-state index contributed by atoms with van der Waals surface area (Å²) in [6.07, 6.45) is 0.559. The highest BCUT2D eigenvalue weighted by atomic mass is 35.5. The fraction of sp³-hybridized carbons (Fsp3) is 0.278. The smallest absolute Gasteiger partial charge is 0.417 e. The summed E-state index contributed by atoms with van der Waals surface area (Å²) in [6.45, 7) is 3.66. The van der Waals surface area contributed by atoms with Gasteiger partial charge >= 0.3 is 12.1 Å². The topological polar surface area (TPSA) is 49.3 Å². The molecule has 0 aliphatic carbocycles. The van der Waals surface area contributed by atoms with Crippen LogP contribution < -0.4 is 5.32 Å². The number of rotatable bonds is 4. The molecule has 0 radical (unpaired) electrons. The summed E-state index contributed by atoms with van der Waals surface area (Å²) in [5.41, 5.74) is -1.13. The number of carboxylic acid groups (broad SMARTS) is 1. The summed E-state index contributed by atoms with van der Waals surface area (Å²) < 4.78 is 36.9. The van der Waals surface area contributed by atoms with Gasteiger partial charge in [0.25, 0.3) is 0 Å². The molecule has 2 aromatic rings. The summed E-state index contributed by atoms with van der Waals surface area (Å²) >= 11 is 6.96. The van der Waals surface area contributed by atoms with E-state index < -0.39 is 23.1 Å². The van der Waals surface area contributed by atoms with E-state index in [1.54, 1.807) is 13.8 Å². The monoisotopic (exact) mass is 403 g/mol. The molecule has 8 heteroatoms. The van der Waals surface area contributed by atoms with Crippen molar-refractivity contribution < 1.29 is 23.1 Å². The van der Waals surface area contributed by atoms with Gasteiger partial charge in [0.15, 0.2) is 0 Å². The van der Waals surface area contributed by atoms with Crippen LogP contribution in [0, 0.1) is 12.3 Å². The van der Waals surface area contributed by atoms with E-state index in [-0.39, 0.29) is 11.6 Å². The van der Waals surface area contributed by atoms with Crippen LogP contribution in [0.2, 0.25) is 5.02 Å². The van der Waals surface area contributed by atoms with Crippen molar-refractivity contribution in [3.05, 3.63) is 51.2 Å². The molecule has 0 spiro atoms. The summed E-state index contributed by atoms with van der Waals surface area (Å²) in [7, 11) is 0. The highest BCUT2D eigenvalue weighted by Crippen LogP contribution is 2.35. The van der Waals surface area contributed by atoms with Gasteiger partial charge in [-0.1, -0.05) is 23.6 Å². The van der Waals surface area contributed by atoms with E-state index in [4.69, 9.17) is 23.1 Å². The highest BCUT2D eigenvalue weighted by molar-refractivity contribution is 7.10. The van der Waals surface area contributed by atoms with Crippen molar-refractivity contribution in [1.82, 2.24) is 0 Å². The minimum atomic E-state index is -4.43. The first-order valence-corrected chi connectivity index (χ1v) is 8.57. The van der Waals surface area contributed by atoms with Gasteiger partial charge in [0.2, 0.25) is 0 Å². The highest BCUT2D eigenvalue weighted by Gasteiger charge is 2.33. The average molecular weight is 404 g/mol. The second-order valence-corrected chi connectivity index (χ2v) is 7.01. The second kappa shape index (κ2) is 8.97. The van der Waals surface area contributed by atoms with Gasteiger partial charge in [0.05, 0.1) is 22.5 Å². The first-order valence-electron chi connectivity index (χ1n) is 7.31. The maximum Gasteiger partial charge on any atom is 0.417 e. The normalized spacial score (nSPS) is 11.1. The Bertz CT molecular complexity index is 781. The molecule has 0 fully saturated rings. The van der Waals surface area contributed by atoms with Crippen molar-refractivity contribution in [1.29, 1.82) is 0 Å². The van der Waals surface area contributed by atoms with E-state index in [9.17, 15) is 18.0 Å². The minimum Gasteiger partial charge on any atom is -0.481 e. The molecule has 0 saturated heterocycles. The number of hydrogen-bond donors (Lipinski definition) is 2. The van der Waals surface area contributed by atoms with Crippen LogP contribution in [-0.4, -0.2) is 17.6 Å². The van der Waals surface area contributed by atoms with Crippen LogP contribution in [-0.2, 0) is 16.4 Å². The molecular weight excluding hydrogens is 387 g/mol. The van der Waals surface area contributed by atoms with Crippen LogP contribution in [0.25, 0.3) is 0 Å². The number of aliphatic carboxylic acids is 1. The molecule has 0 aliphatic rings. The number of alkyl halides is 3. The maximum atomic E-state index is 12.3. The number of benzene rings is 1. The molecule has 0 bridgehead atoms. The van der Waals surface area contributed by atoms with Gasteiger partial charge in [-0.25, -0.2) is 0 Å². The molecule has 0 amide bonds. The Labute approximate surface area is 158 Å². The molecule has 0 saturated carbocycles. The Morgan fingerprint density at radius 3 is 2.42 bits per heavy atom. The fourth-order valence-electron chi connectivity index (χ4n) is 1.75. The first-order chi connectivity index (χ1) is 12.0. The van der Waals surface area contributed by atoms with Gasteiger partial charge in [-0.3, -0.25) is 4.79 Å². The number of halogens is 4. The molecule has 0 aliphatic heterocycles. The van der Waals surface area contributed by atoms with E-state index in [1.807, 2.05) is 17.5 Å². The zero-order valence-electron chi connectivity index (χ0n) is 14.0. The maximum absolute atomic E-state index is 12.3. The summed E-state index contributed by atoms with van der Waals surface area (Å²) in [5.74, 6) is 1.53. The molecule has 2 N–H and O–H groups in total. The van der Waals surface area contributed by atoms with Crippen molar-refractivity contribution in [2.24, 2.45) is 0 Å². The van der Waals surface area contributed by atoms with Gasteiger partial charge in [-0.05, 0) is 43.5 Å². The fourth-order valence-corrected chi connectivity index (χ4v) is 2.88. The quantitative estimate of drug-likeness (QED) is 0.661. The molecular formula is C18H17ClF3NO2S. The van der Waals surface area contributed by atoms with Crippen molar-refractivity contribution in [3.8, 4) is 12.3 Å². The van der Waals surface area contributed by atoms with Gasteiger partial charge in [0.1, 0.15) is 0 Å². The van der Waals surface area contributed by atoms with Crippen LogP contribution >= 0.6 is 22.9 Å². The third kappa shape index (κ3) is 5.97. The molecule has 2 rings (SSSR count). The van der Waals surface area contributed by atoms with Gasteiger partial charge in [-0.15, -0.1) is 17.8 Å². The zero-order valence-corrected chi connectivity index (χ0v) is 15.6. The molecule has 0 atom stereocenters. The molecule has 3 nitrogen and oxygen atoms in total. The lowest BCUT2D eigenvalue weighted by molar-refractivity contribution is -0.142. The minimum absolute atomic E-state index is 0.238. The number of thiophene rings is 1. The second-order valence-electron chi connectivity index (χ2n) is 5.66. The molecule has 0 unspecified atom stereocenters. The number of carboxylic acids is 1. The van der Waals surface area contributed by atoms with Crippen molar-refractivity contribution in [3.63, 3.8) is 0 Å². The SMILES string of the molecule is C#CCNc1ccc(C(F)(F)F)c(Cl)c1.CC(C)(C(=O)O)c1cccs1. The van der Waals surface area contributed by atoms with Crippen LogP contribution in [0.1, 0.15) is 24.3 Å². The van der Waals surface area contributed by atoms with Gasteiger partial charge in [0, 0.05) is 10.6 Å². The van der Waals surface area contributed by atoms with Crippen molar-refractivity contribution in [2.75, 3.05) is 11.9 Å². The van der Waals surface area contributed by atoms with Crippen LogP contribution in [0.4, 0.5) is 18.9 Å². The lowest BCUT2D eigenvalue weighted by Gasteiger charge is -2.16. The largest absolute Gasteiger partial charge is 0.481 e. The van der Waals surface area contributed by atoms with Gasteiger partial charge < -0.3 is 10.4 Å². The molecule has 26 heavy (non-hydrogen) atoms. The molecule has 1 aromatic carbocycles. The van der Waals surface area contributed by atoms with Crippen molar-refractivity contribution in [2.45, 2.75) is 25.4 Å². The Morgan fingerprint density at radius 1 is 1.35 bits per heavy atom. The summed E-state index contributed by atoms with van der Waals surface area (Å²) in [5, 5.41) is 13.1. The van der Waals surface area contributed by atoms with Crippen LogP contribution in [0.3, 0.4) is 0 Å². The van der Waals surface area contributed by atoms with E-state index in [2.05, 4.69) is 11.2 Å². The Kier molecular flexibility index (Phi) is 7.54. The van der Waals surface area contributed by atoms with Crippen LogP contribution in [0.5, 0.6) is 0 Å². The predicted octanol–water partition coefficient (Wildman–Crippen LogP) is 5.51. The number of hydrogen-bond acceptors (Lipinski definition) is 3. The Morgan fingerprint density at radius 2 is 2.00 bits per heavy atom. The van der Waals surface area contributed by atoms with E-state index >= 15 is 0 Å². The molecule has 1 aromatic heterocycles. The van der Waals surface area contributed by atoms with E-state index in [1.165, 1.54) is 23.5 Å². The Hall–Kier alpha value is -2.17. The predicted molar refractivity (Wildman–Crippen MR) is 98.8 cm³/mol. The number of terminal acetylenes is 1. The third-order valence-electron chi connectivity index (χ3n) is 3.34. The van der Waals surface area contributed by atoms with E-state index in [0.29, 0.717) is 5.69 Å². The van der Waals surface area contributed by atoms with Crippen LogP contribution in [0.15, 0.2) is 35.7 Å². The molecule has 140 valence electrons.